The van der Waals surface area contributed by atoms with Crippen molar-refractivity contribution in [1.29, 1.82) is 0 Å². The highest BCUT2D eigenvalue weighted by atomic mass is 35.5. The molecule has 0 aromatic heterocycles. The van der Waals surface area contributed by atoms with E-state index in [0.29, 0.717) is 5.75 Å². The molecular weight excluding hydrogens is 271 g/mol. The lowest BCUT2D eigenvalue weighted by Crippen LogP contribution is -2.10. The number of halogens is 2. The molecule has 6 heteroatoms. The number of primary amides is 1. The highest BCUT2D eigenvalue weighted by Crippen LogP contribution is 2.32. The molecule has 0 fully saturated rings. The molecule has 0 atom stereocenters. The van der Waals surface area contributed by atoms with Crippen LogP contribution in [0.3, 0.4) is 0 Å². The van der Waals surface area contributed by atoms with Crippen molar-refractivity contribution in [3.8, 4) is 11.5 Å². The van der Waals surface area contributed by atoms with Crippen LogP contribution in [0.2, 0.25) is 5.02 Å². The van der Waals surface area contributed by atoms with Crippen LogP contribution in [-0.2, 0) is 0 Å². The lowest BCUT2D eigenvalue weighted by atomic mass is 10.2. The molecule has 0 aliphatic carbocycles. The summed E-state index contributed by atoms with van der Waals surface area (Å²) in [5, 5.41) is -0.0873. The molecule has 0 aliphatic heterocycles. The Bertz CT molecular complexity index is 647. The van der Waals surface area contributed by atoms with Gasteiger partial charge >= 0.3 is 0 Å². The third kappa shape index (κ3) is 2.95. The van der Waals surface area contributed by atoms with E-state index in [1.807, 2.05) is 0 Å². The summed E-state index contributed by atoms with van der Waals surface area (Å²) >= 11 is 5.58. The molecule has 0 aliphatic rings. The highest BCUT2D eigenvalue weighted by Gasteiger charge is 2.09. The van der Waals surface area contributed by atoms with Gasteiger partial charge in [-0.15, -0.1) is 0 Å². The molecule has 0 spiro atoms. The number of anilines is 1. The first-order valence-electron chi connectivity index (χ1n) is 5.29. The van der Waals surface area contributed by atoms with Gasteiger partial charge in [-0.3, -0.25) is 4.79 Å². The average Bonchev–Trinajstić information content (AvgIpc) is 2.36. The Morgan fingerprint density at radius 3 is 2.68 bits per heavy atom. The zero-order chi connectivity index (χ0) is 14.0. The maximum absolute atomic E-state index is 13.3. The Balaban J connectivity index is 2.33. The largest absolute Gasteiger partial charge is 0.455 e. The quantitative estimate of drug-likeness (QED) is 0.849. The summed E-state index contributed by atoms with van der Waals surface area (Å²) in [6.07, 6.45) is 0. The van der Waals surface area contributed by atoms with Gasteiger partial charge in [-0.1, -0.05) is 17.7 Å². The van der Waals surface area contributed by atoms with E-state index in [9.17, 15) is 9.18 Å². The van der Waals surface area contributed by atoms with Crippen LogP contribution in [0, 0.1) is 5.82 Å². The van der Waals surface area contributed by atoms with Crippen LogP contribution < -0.4 is 16.2 Å². The molecule has 0 heterocycles. The Labute approximate surface area is 113 Å². The van der Waals surface area contributed by atoms with Crippen LogP contribution in [0.4, 0.5) is 10.1 Å². The van der Waals surface area contributed by atoms with Gasteiger partial charge in [0.05, 0.1) is 10.7 Å². The molecule has 2 aromatic carbocycles. The molecule has 1 amide bonds. The standard InChI is InChI=1S/C13H10ClFN2O2/c14-9-5-11(16)12(6-10(9)15)19-8-3-1-2-7(4-8)13(17)18/h1-6H,16H2,(H2,17,18). The number of nitrogen functional groups attached to an aromatic ring is 1. The van der Waals surface area contributed by atoms with Gasteiger partial charge in [0.15, 0.2) is 5.75 Å². The van der Waals surface area contributed by atoms with Gasteiger partial charge < -0.3 is 16.2 Å². The highest BCUT2D eigenvalue weighted by molar-refractivity contribution is 6.31. The lowest BCUT2D eigenvalue weighted by Gasteiger charge is -2.09. The first kappa shape index (κ1) is 13.2. The fraction of sp³-hybridized carbons (Fsp3) is 0. The number of carbonyl (C=O) groups excluding carboxylic acids is 1. The molecule has 4 N–H and O–H groups in total. The second-order valence-corrected chi connectivity index (χ2v) is 4.21. The number of rotatable bonds is 3. The van der Waals surface area contributed by atoms with Gasteiger partial charge in [-0.2, -0.15) is 0 Å². The van der Waals surface area contributed by atoms with E-state index in [0.717, 1.165) is 6.07 Å². The summed E-state index contributed by atoms with van der Waals surface area (Å²) in [7, 11) is 0. The summed E-state index contributed by atoms with van der Waals surface area (Å²) in [4.78, 5) is 11.0. The van der Waals surface area contributed by atoms with E-state index in [4.69, 9.17) is 27.8 Å². The number of benzene rings is 2. The lowest BCUT2D eigenvalue weighted by molar-refractivity contribution is 0.1000. The van der Waals surface area contributed by atoms with Crippen molar-refractivity contribution in [1.82, 2.24) is 0 Å². The zero-order valence-electron chi connectivity index (χ0n) is 9.69. The minimum absolute atomic E-state index is 0.0873. The molecule has 98 valence electrons. The second-order valence-electron chi connectivity index (χ2n) is 3.80. The molecule has 4 nitrogen and oxygen atoms in total. The maximum Gasteiger partial charge on any atom is 0.248 e. The van der Waals surface area contributed by atoms with E-state index in [-0.39, 0.29) is 22.0 Å². The molecule has 19 heavy (non-hydrogen) atoms. The fourth-order valence-corrected chi connectivity index (χ4v) is 1.64. The molecule has 2 aromatic rings. The van der Waals surface area contributed by atoms with Gasteiger partial charge in [0.2, 0.25) is 5.91 Å². The van der Waals surface area contributed by atoms with Crippen LogP contribution in [0.15, 0.2) is 36.4 Å². The SMILES string of the molecule is NC(=O)c1cccc(Oc2cc(F)c(Cl)cc2N)c1. The van der Waals surface area contributed by atoms with Crippen LogP contribution in [0.1, 0.15) is 10.4 Å². The van der Waals surface area contributed by atoms with Gasteiger partial charge in [-0.05, 0) is 24.3 Å². The van der Waals surface area contributed by atoms with Crippen LogP contribution in [-0.4, -0.2) is 5.91 Å². The number of ether oxygens (including phenoxy) is 1. The van der Waals surface area contributed by atoms with Gasteiger partial charge in [-0.25, -0.2) is 4.39 Å². The summed E-state index contributed by atoms with van der Waals surface area (Å²) < 4.78 is 18.7. The van der Waals surface area contributed by atoms with Gasteiger partial charge in [0.1, 0.15) is 11.6 Å². The van der Waals surface area contributed by atoms with Crippen molar-refractivity contribution in [3.63, 3.8) is 0 Å². The molecule has 0 radical (unpaired) electrons. The third-order valence-corrected chi connectivity index (χ3v) is 2.69. The monoisotopic (exact) mass is 280 g/mol. The van der Waals surface area contributed by atoms with Crippen molar-refractivity contribution in [2.24, 2.45) is 5.73 Å². The van der Waals surface area contributed by atoms with Crippen LogP contribution >= 0.6 is 11.6 Å². The summed E-state index contributed by atoms with van der Waals surface area (Å²) in [6.45, 7) is 0. The molecule has 0 saturated carbocycles. The molecule has 0 bridgehead atoms. The number of carbonyl (C=O) groups is 1. The van der Waals surface area contributed by atoms with E-state index in [1.165, 1.54) is 12.1 Å². The first-order valence-corrected chi connectivity index (χ1v) is 5.67. The van der Waals surface area contributed by atoms with Crippen molar-refractivity contribution < 1.29 is 13.9 Å². The minimum Gasteiger partial charge on any atom is -0.455 e. The van der Waals surface area contributed by atoms with E-state index in [2.05, 4.69) is 0 Å². The third-order valence-electron chi connectivity index (χ3n) is 2.40. The first-order chi connectivity index (χ1) is 8.97. The molecule has 0 saturated heterocycles. The Kier molecular flexibility index (Phi) is 3.57. The van der Waals surface area contributed by atoms with Crippen LogP contribution in [0.5, 0.6) is 11.5 Å². The molecule has 0 unspecified atom stereocenters. The predicted molar refractivity (Wildman–Crippen MR) is 70.9 cm³/mol. The maximum atomic E-state index is 13.3. The molecule has 2 rings (SSSR count). The summed E-state index contributed by atoms with van der Waals surface area (Å²) in [5.74, 6) is -0.786. The normalized spacial score (nSPS) is 10.2. The summed E-state index contributed by atoms with van der Waals surface area (Å²) in [5.41, 5.74) is 11.3. The van der Waals surface area contributed by atoms with Gasteiger partial charge in [0.25, 0.3) is 0 Å². The van der Waals surface area contributed by atoms with Crippen molar-refractivity contribution in [2.75, 3.05) is 5.73 Å². The fourth-order valence-electron chi connectivity index (χ4n) is 1.47. The summed E-state index contributed by atoms with van der Waals surface area (Å²) in [6, 6.07) is 8.50. The Morgan fingerprint density at radius 1 is 1.26 bits per heavy atom. The molecular formula is C13H10ClFN2O2. The van der Waals surface area contributed by atoms with E-state index >= 15 is 0 Å². The Morgan fingerprint density at radius 2 is 2.00 bits per heavy atom. The van der Waals surface area contributed by atoms with Gasteiger partial charge in [0, 0.05) is 11.6 Å². The van der Waals surface area contributed by atoms with Crippen molar-refractivity contribution in [3.05, 3.63) is 52.8 Å². The van der Waals surface area contributed by atoms with Crippen molar-refractivity contribution in [2.45, 2.75) is 0 Å². The number of amides is 1. The topological polar surface area (TPSA) is 78.3 Å². The second kappa shape index (κ2) is 5.16. The van der Waals surface area contributed by atoms with E-state index < -0.39 is 11.7 Å². The number of nitrogens with two attached hydrogens (primary N) is 2. The van der Waals surface area contributed by atoms with Crippen LogP contribution in [0.25, 0.3) is 0 Å². The number of hydrogen-bond acceptors (Lipinski definition) is 3. The average molecular weight is 281 g/mol. The van der Waals surface area contributed by atoms with Crippen molar-refractivity contribution >= 4 is 23.2 Å². The Hall–Kier alpha value is -2.27. The smallest absolute Gasteiger partial charge is 0.248 e. The minimum atomic E-state index is -0.642. The number of hydrogen-bond donors (Lipinski definition) is 2. The van der Waals surface area contributed by atoms with E-state index in [1.54, 1.807) is 18.2 Å². The predicted octanol–water partition coefficient (Wildman–Crippen LogP) is 2.95. The zero-order valence-corrected chi connectivity index (χ0v) is 10.4.